The number of likely N-dealkylation sites (tertiary alicyclic amines) is 1. The van der Waals surface area contributed by atoms with Gasteiger partial charge in [-0.15, -0.1) is 0 Å². The van der Waals surface area contributed by atoms with Crippen LogP contribution in [-0.4, -0.2) is 73.0 Å². The Bertz CT molecular complexity index is 736. The third kappa shape index (κ3) is 4.78. The second-order valence-corrected chi connectivity index (χ2v) is 8.19. The molecule has 2 saturated heterocycles. The lowest BCUT2D eigenvalue weighted by molar-refractivity contribution is -0.140. The quantitative estimate of drug-likeness (QED) is 0.809. The van der Waals surface area contributed by atoms with Gasteiger partial charge in [0.1, 0.15) is 6.04 Å². The smallest absolute Gasteiger partial charge is 0.251 e. The average molecular weight is 399 g/mol. The zero-order valence-electron chi connectivity index (χ0n) is 16.7. The Morgan fingerprint density at radius 3 is 2.17 bits per heavy atom. The molecule has 1 aromatic rings. The van der Waals surface area contributed by atoms with E-state index in [-0.39, 0.29) is 29.6 Å². The van der Waals surface area contributed by atoms with Gasteiger partial charge in [0, 0.05) is 37.7 Å². The highest BCUT2D eigenvalue weighted by molar-refractivity contribution is 5.97. The predicted molar refractivity (Wildman–Crippen MR) is 107 cm³/mol. The number of carbonyl (C=O) groups is 3. The molecular formula is C22H29N3O4. The molecule has 1 atom stereocenters. The van der Waals surface area contributed by atoms with Gasteiger partial charge in [-0.1, -0.05) is 18.2 Å². The van der Waals surface area contributed by atoms with Gasteiger partial charge in [0.25, 0.3) is 5.91 Å². The molecule has 0 bridgehead atoms. The Morgan fingerprint density at radius 1 is 0.897 bits per heavy atom. The predicted octanol–water partition coefficient (Wildman–Crippen LogP) is 1.29. The molecule has 3 amide bonds. The monoisotopic (exact) mass is 399 g/mol. The van der Waals surface area contributed by atoms with Gasteiger partial charge in [0.2, 0.25) is 11.8 Å². The Balaban J connectivity index is 1.44. The van der Waals surface area contributed by atoms with E-state index in [1.54, 1.807) is 17.0 Å². The highest BCUT2D eigenvalue weighted by atomic mass is 16.5. The summed E-state index contributed by atoms with van der Waals surface area (Å²) in [5.74, 6) is 0.238. The molecule has 29 heavy (non-hydrogen) atoms. The molecule has 156 valence electrons. The third-order valence-electron chi connectivity index (χ3n) is 6.16. The van der Waals surface area contributed by atoms with Gasteiger partial charge in [-0.2, -0.15) is 0 Å². The summed E-state index contributed by atoms with van der Waals surface area (Å²) in [7, 11) is 0. The summed E-state index contributed by atoms with van der Waals surface area (Å²) in [6.45, 7) is 3.48. The van der Waals surface area contributed by atoms with Crippen LogP contribution in [0.5, 0.6) is 0 Å². The van der Waals surface area contributed by atoms with Gasteiger partial charge in [-0.25, -0.2) is 0 Å². The van der Waals surface area contributed by atoms with Crippen molar-refractivity contribution in [1.82, 2.24) is 15.1 Å². The van der Waals surface area contributed by atoms with Crippen LogP contribution in [0.2, 0.25) is 0 Å². The minimum Gasteiger partial charge on any atom is -0.378 e. The van der Waals surface area contributed by atoms with Crippen LogP contribution in [0.1, 0.15) is 36.0 Å². The van der Waals surface area contributed by atoms with Crippen molar-refractivity contribution in [2.75, 3.05) is 39.4 Å². The number of nitrogens with one attached hydrogen (secondary N) is 1. The van der Waals surface area contributed by atoms with Crippen LogP contribution < -0.4 is 5.32 Å². The van der Waals surface area contributed by atoms with E-state index in [4.69, 9.17) is 4.74 Å². The van der Waals surface area contributed by atoms with Crippen molar-refractivity contribution in [3.05, 3.63) is 35.9 Å². The minimum absolute atomic E-state index is 0.0289. The number of amides is 3. The largest absolute Gasteiger partial charge is 0.378 e. The molecule has 7 heteroatoms. The molecule has 2 heterocycles. The molecule has 7 nitrogen and oxygen atoms in total. The lowest BCUT2D eigenvalue weighted by atomic mass is 9.88. The molecule has 1 saturated carbocycles. The topological polar surface area (TPSA) is 79.0 Å². The molecule has 4 rings (SSSR count). The molecule has 0 aromatic heterocycles. The zero-order chi connectivity index (χ0) is 20.2. The van der Waals surface area contributed by atoms with Crippen molar-refractivity contribution in [1.29, 1.82) is 0 Å². The highest BCUT2D eigenvalue weighted by Crippen LogP contribution is 2.33. The number of hydrogen-bond donors (Lipinski definition) is 1. The first-order valence-electron chi connectivity index (χ1n) is 10.6. The molecule has 1 N–H and O–H groups in total. The number of piperidine rings is 1. The number of nitrogens with zero attached hydrogens (tertiary/aromatic N) is 2. The lowest BCUT2D eigenvalue weighted by Crippen LogP contribution is -2.56. The van der Waals surface area contributed by atoms with E-state index in [9.17, 15) is 14.4 Å². The number of hydrogen-bond acceptors (Lipinski definition) is 4. The van der Waals surface area contributed by atoms with Crippen molar-refractivity contribution < 1.29 is 19.1 Å². The van der Waals surface area contributed by atoms with Crippen molar-refractivity contribution in [3.63, 3.8) is 0 Å². The molecule has 1 aromatic carbocycles. The first kappa shape index (κ1) is 19.9. The standard InChI is InChI=1S/C22H29N3O4/c26-20(17-4-2-1-3-5-17)23-19(22(28)25-12-14-29-15-13-25)16-8-10-24(11-9-16)21(27)18-6-7-18/h1-5,16,18-19H,6-15H2,(H,23,26). The minimum atomic E-state index is -0.570. The van der Waals surface area contributed by atoms with E-state index in [0.29, 0.717) is 45.0 Å². The summed E-state index contributed by atoms with van der Waals surface area (Å²) in [5.41, 5.74) is 0.550. The van der Waals surface area contributed by atoms with Gasteiger partial charge in [0.15, 0.2) is 0 Å². The van der Waals surface area contributed by atoms with Crippen LogP contribution in [0.25, 0.3) is 0 Å². The van der Waals surface area contributed by atoms with Crippen molar-refractivity contribution in [2.45, 2.75) is 31.7 Å². The first-order chi connectivity index (χ1) is 14.1. The van der Waals surface area contributed by atoms with E-state index in [1.165, 1.54) is 0 Å². The van der Waals surface area contributed by atoms with E-state index < -0.39 is 6.04 Å². The van der Waals surface area contributed by atoms with E-state index >= 15 is 0 Å². The van der Waals surface area contributed by atoms with Gasteiger partial charge < -0.3 is 19.9 Å². The van der Waals surface area contributed by atoms with Crippen LogP contribution in [-0.2, 0) is 14.3 Å². The van der Waals surface area contributed by atoms with Crippen molar-refractivity contribution >= 4 is 17.7 Å². The molecule has 2 aliphatic heterocycles. The molecule has 1 aliphatic carbocycles. The normalized spacial score (nSPS) is 21.5. The van der Waals surface area contributed by atoms with Crippen LogP contribution in [0.3, 0.4) is 0 Å². The average Bonchev–Trinajstić information content (AvgIpc) is 3.63. The Labute approximate surface area is 171 Å². The van der Waals surface area contributed by atoms with Gasteiger partial charge >= 0.3 is 0 Å². The molecule has 0 spiro atoms. The van der Waals surface area contributed by atoms with Crippen LogP contribution in [0.15, 0.2) is 30.3 Å². The summed E-state index contributed by atoms with van der Waals surface area (Å²) in [5, 5.41) is 3.00. The first-order valence-corrected chi connectivity index (χ1v) is 10.6. The van der Waals surface area contributed by atoms with E-state index in [2.05, 4.69) is 5.32 Å². The fraction of sp³-hybridized carbons (Fsp3) is 0.591. The van der Waals surface area contributed by atoms with Crippen LogP contribution >= 0.6 is 0 Å². The maximum Gasteiger partial charge on any atom is 0.251 e. The number of carbonyl (C=O) groups excluding carboxylic acids is 3. The van der Waals surface area contributed by atoms with E-state index in [1.807, 2.05) is 23.1 Å². The van der Waals surface area contributed by atoms with Crippen LogP contribution in [0.4, 0.5) is 0 Å². The SMILES string of the molecule is O=C(NC(C(=O)N1CCOCC1)C1CCN(C(=O)C2CC2)CC1)c1ccccc1. The number of rotatable bonds is 5. The highest BCUT2D eigenvalue weighted by Gasteiger charge is 2.39. The zero-order valence-corrected chi connectivity index (χ0v) is 16.7. The Morgan fingerprint density at radius 2 is 1.55 bits per heavy atom. The van der Waals surface area contributed by atoms with Gasteiger partial charge in [0.05, 0.1) is 13.2 Å². The molecule has 3 aliphatic rings. The van der Waals surface area contributed by atoms with Gasteiger partial charge in [-0.3, -0.25) is 14.4 Å². The Hall–Kier alpha value is -2.41. The summed E-state index contributed by atoms with van der Waals surface area (Å²) < 4.78 is 5.37. The molecular weight excluding hydrogens is 370 g/mol. The number of ether oxygens (including phenoxy) is 1. The maximum atomic E-state index is 13.3. The maximum absolute atomic E-state index is 13.3. The molecule has 3 fully saturated rings. The van der Waals surface area contributed by atoms with Crippen molar-refractivity contribution in [2.24, 2.45) is 11.8 Å². The second-order valence-electron chi connectivity index (χ2n) is 8.19. The number of morpholine rings is 1. The Kier molecular flexibility index (Phi) is 6.13. The second kappa shape index (κ2) is 8.95. The summed E-state index contributed by atoms with van der Waals surface area (Å²) >= 11 is 0. The number of benzene rings is 1. The van der Waals surface area contributed by atoms with Crippen molar-refractivity contribution in [3.8, 4) is 0 Å². The third-order valence-corrected chi connectivity index (χ3v) is 6.16. The fourth-order valence-corrected chi connectivity index (χ4v) is 4.22. The summed E-state index contributed by atoms with van der Waals surface area (Å²) in [6.07, 6.45) is 3.47. The van der Waals surface area contributed by atoms with Crippen LogP contribution in [0, 0.1) is 11.8 Å². The fourth-order valence-electron chi connectivity index (χ4n) is 4.22. The molecule has 0 radical (unpaired) electrons. The van der Waals surface area contributed by atoms with Gasteiger partial charge in [-0.05, 0) is 43.7 Å². The summed E-state index contributed by atoms with van der Waals surface area (Å²) in [4.78, 5) is 42.1. The lowest BCUT2D eigenvalue weighted by Gasteiger charge is -2.38. The van der Waals surface area contributed by atoms with E-state index in [0.717, 1.165) is 25.7 Å². The molecule has 1 unspecified atom stereocenters. The summed E-state index contributed by atoms with van der Waals surface area (Å²) in [6, 6.07) is 8.43.